The van der Waals surface area contributed by atoms with E-state index in [1.54, 1.807) is 0 Å². The van der Waals surface area contributed by atoms with Crippen LogP contribution in [0.15, 0.2) is 18.2 Å². The summed E-state index contributed by atoms with van der Waals surface area (Å²) >= 11 is 5.63. The van der Waals surface area contributed by atoms with Gasteiger partial charge < -0.3 is 10.8 Å². The Hall–Kier alpha value is -0.490. The zero-order chi connectivity index (χ0) is 13.1. The van der Waals surface area contributed by atoms with Gasteiger partial charge in [-0.25, -0.2) is 0 Å². The summed E-state index contributed by atoms with van der Waals surface area (Å²) < 4.78 is 37.6. The lowest BCUT2D eigenvalue weighted by molar-refractivity contribution is -0.137. The number of hydrogen-bond donors (Lipinski definition) is 2. The predicted octanol–water partition coefficient (Wildman–Crippen LogP) is 3.55. The molecule has 7 heteroatoms. The highest BCUT2D eigenvalue weighted by molar-refractivity contribution is 6.30. The Morgan fingerprint density at radius 3 is 2.39 bits per heavy atom. The van der Waals surface area contributed by atoms with E-state index in [1.165, 1.54) is 6.07 Å². The average molecular weight is 304 g/mol. The van der Waals surface area contributed by atoms with Crippen molar-refractivity contribution in [2.45, 2.75) is 25.1 Å². The van der Waals surface area contributed by atoms with Crippen LogP contribution in [0, 0.1) is 0 Å². The lowest BCUT2D eigenvalue weighted by Gasteiger charge is -2.14. The van der Waals surface area contributed by atoms with Gasteiger partial charge in [0, 0.05) is 17.7 Å². The minimum Gasteiger partial charge on any atom is -0.396 e. The van der Waals surface area contributed by atoms with Crippen molar-refractivity contribution in [2.24, 2.45) is 5.73 Å². The van der Waals surface area contributed by atoms with Crippen LogP contribution in [0.25, 0.3) is 0 Å². The van der Waals surface area contributed by atoms with Crippen LogP contribution in [-0.4, -0.2) is 11.7 Å². The number of alkyl halides is 3. The molecule has 1 atom stereocenters. The summed E-state index contributed by atoms with van der Waals surface area (Å²) in [5.41, 5.74) is 5.25. The van der Waals surface area contributed by atoms with Gasteiger partial charge in [-0.15, -0.1) is 12.4 Å². The molecule has 18 heavy (non-hydrogen) atoms. The van der Waals surface area contributed by atoms with E-state index in [-0.39, 0.29) is 24.0 Å². The van der Waals surface area contributed by atoms with Crippen molar-refractivity contribution in [2.75, 3.05) is 6.61 Å². The summed E-state index contributed by atoms with van der Waals surface area (Å²) in [5.74, 6) is 0. The second-order valence-electron chi connectivity index (χ2n) is 3.74. The summed E-state index contributed by atoms with van der Waals surface area (Å²) in [6.07, 6.45) is -3.58. The van der Waals surface area contributed by atoms with Gasteiger partial charge in [-0.05, 0) is 36.6 Å². The molecule has 1 rings (SSSR count). The average Bonchev–Trinajstić information content (AvgIpc) is 2.23. The first-order valence-corrected chi connectivity index (χ1v) is 5.46. The summed E-state index contributed by atoms with van der Waals surface area (Å²) in [4.78, 5) is 0. The van der Waals surface area contributed by atoms with Crippen LogP contribution in [0.2, 0.25) is 5.02 Å². The van der Waals surface area contributed by atoms with E-state index in [0.717, 1.165) is 12.1 Å². The fraction of sp³-hybridized carbons (Fsp3) is 0.455. The Bertz CT molecular complexity index is 385. The Morgan fingerprint density at radius 1 is 1.28 bits per heavy atom. The molecule has 0 fully saturated rings. The Morgan fingerprint density at radius 2 is 1.89 bits per heavy atom. The van der Waals surface area contributed by atoms with Gasteiger partial charge in [-0.2, -0.15) is 13.2 Å². The van der Waals surface area contributed by atoms with Crippen LogP contribution < -0.4 is 5.73 Å². The fourth-order valence-corrected chi connectivity index (χ4v) is 1.71. The zero-order valence-corrected chi connectivity index (χ0v) is 10.9. The van der Waals surface area contributed by atoms with E-state index in [4.69, 9.17) is 22.4 Å². The van der Waals surface area contributed by atoms with Crippen molar-refractivity contribution in [3.8, 4) is 0 Å². The van der Waals surface area contributed by atoms with Gasteiger partial charge in [0.25, 0.3) is 0 Å². The second kappa shape index (κ2) is 7.19. The van der Waals surface area contributed by atoms with E-state index < -0.39 is 17.8 Å². The number of aliphatic hydroxyl groups is 1. The number of rotatable bonds is 4. The summed E-state index contributed by atoms with van der Waals surface area (Å²) in [5, 5.41) is 8.65. The highest BCUT2D eigenvalue weighted by Crippen LogP contribution is 2.33. The molecular weight excluding hydrogens is 290 g/mol. The van der Waals surface area contributed by atoms with E-state index in [2.05, 4.69) is 0 Å². The third kappa shape index (κ3) is 5.02. The van der Waals surface area contributed by atoms with Gasteiger partial charge in [0.2, 0.25) is 0 Å². The Labute approximate surface area is 114 Å². The number of nitrogens with two attached hydrogens (primary N) is 1. The molecule has 1 aromatic rings. The van der Waals surface area contributed by atoms with Crippen molar-refractivity contribution in [3.05, 3.63) is 34.3 Å². The maximum absolute atomic E-state index is 12.5. The third-order valence-corrected chi connectivity index (χ3v) is 2.57. The van der Waals surface area contributed by atoms with Gasteiger partial charge in [0.15, 0.2) is 0 Å². The lowest BCUT2D eigenvalue weighted by atomic mass is 10.0. The number of benzene rings is 1. The van der Waals surface area contributed by atoms with Gasteiger partial charge in [-0.1, -0.05) is 11.6 Å². The second-order valence-corrected chi connectivity index (χ2v) is 4.18. The SMILES string of the molecule is Cl.N[C@@H](CCCO)c1cc(Cl)cc(C(F)(F)F)c1. The van der Waals surface area contributed by atoms with Crippen LogP contribution in [-0.2, 0) is 6.18 Å². The molecule has 0 aliphatic heterocycles. The predicted molar refractivity (Wildman–Crippen MR) is 67.0 cm³/mol. The van der Waals surface area contributed by atoms with Gasteiger partial charge in [-0.3, -0.25) is 0 Å². The van der Waals surface area contributed by atoms with Crippen molar-refractivity contribution in [3.63, 3.8) is 0 Å². The first-order valence-electron chi connectivity index (χ1n) is 5.08. The topological polar surface area (TPSA) is 46.2 Å². The molecule has 0 aliphatic carbocycles. The molecule has 0 amide bonds. The minimum absolute atomic E-state index is 0. The van der Waals surface area contributed by atoms with Gasteiger partial charge in [0.05, 0.1) is 5.56 Å². The largest absolute Gasteiger partial charge is 0.416 e. The first kappa shape index (κ1) is 17.5. The molecule has 0 aliphatic rings. The fourth-order valence-electron chi connectivity index (χ4n) is 1.47. The van der Waals surface area contributed by atoms with E-state index >= 15 is 0 Å². The molecule has 2 nitrogen and oxygen atoms in total. The highest BCUT2D eigenvalue weighted by atomic mass is 35.5. The first-order chi connectivity index (χ1) is 7.84. The smallest absolute Gasteiger partial charge is 0.396 e. The van der Waals surface area contributed by atoms with Crippen LogP contribution in [0.5, 0.6) is 0 Å². The van der Waals surface area contributed by atoms with Gasteiger partial charge >= 0.3 is 6.18 Å². The molecule has 0 saturated carbocycles. The van der Waals surface area contributed by atoms with E-state index in [0.29, 0.717) is 18.4 Å². The molecule has 0 unspecified atom stereocenters. The molecule has 0 radical (unpaired) electrons. The summed E-state index contributed by atoms with van der Waals surface area (Å²) in [7, 11) is 0. The van der Waals surface area contributed by atoms with E-state index in [1.807, 2.05) is 0 Å². The normalized spacial score (nSPS) is 13.0. The van der Waals surface area contributed by atoms with Crippen molar-refractivity contribution in [1.82, 2.24) is 0 Å². The summed E-state index contributed by atoms with van der Waals surface area (Å²) in [6.45, 7) is -0.0413. The monoisotopic (exact) mass is 303 g/mol. The van der Waals surface area contributed by atoms with Crippen LogP contribution in [0.3, 0.4) is 0 Å². The van der Waals surface area contributed by atoms with Crippen LogP contribution in [0.1, 0.15) is 30.0 Å². The van der Waals surface area contributed by atoms with Crippen LogP contribution in [0.4, 0.5) is 13.2 Å². The quantitative estimate of drug-likeness (QED) is 0.893. The Balaban J connectivity index is 0.00000289. The molecule has 0 bridgehead atoms. The van der Waals surface area contributed by atoms with E-state index in [9.17, 15) is 13.2 Å². The van der Waals surface area contributed by atoms with Gasteiger partial charge in [0.1, 0.15) is 0 Å². The standard InChI is InChI=1S/C11H13ClF3NO.ClH/c12-9-5-7(10(16)2-1-3-17)4-8(6-9)11(13,14)15;/h4-6,10,17H,1-3,16H2;1H/t10-;/m0./s1. The molecule has 0 spiro atoms. The number of halogens is 5. The minimum atomic E-state index is -4.43. The molecular formula is C11H14Cl2F3NO. The highest BCUT2D eigenvalue weighted by Gasteiger charge is 2.31. The van der Waals surface area contributed by atoms with Crippen molar-refractivity contribution >= 4 is 24.0 Å². The molecule has 0 heterocycles. The number of aliphatic hydroxyl groups excluding tert-OH is 1. The summed E-state index contributed by atoms with van der Waals surface area (Å²) in [6, 6.07) is 2.72. The van der Waals surface area contributed by atoms with Crippen LogP contribution >= 0.6 is 24.0 Å². The Kier molecular flexibility index (Phi) is 6.99. The third-order valence-electron chi connectivity index (χ3n) is 2.35. The molecule has 0 aromatic heterocycles. The lowest BCUT2D eigenvalue weighted by Crippen LogP contribution is -2.13. The zero-order valence-electron chi connectivity index (χ0n) is 9.38. The van der Waals surface area contributed by atoms with Crippen molar-refractivity contribution in [1.29, 1.82) is 0 Å². The maximum Gasteiger partial charge on any atom is 0.416 e. The maximum atomic E-state index is 12.5. The molecule has 1 aromatic carbocycles. The van der Waals surface area contributed by atoms with Crippen molar-refractivity contribution < 1.29 is 18.3 Å². The molecule has 0 saturated heterocycles. The molecule has 104 valence electrons. The molecule has 3 N–H and O–H groups in total. The number of hydrogen-bond acceptors (Lipinski definition) is 2.